The fourth-order valence-corrected chi connectivity index (χ4v) is 1.96. The highest BCUT2D eigenvalue weighted by Crippen LogP contribution is 2.27. The van der Waals surface area contributed by atoms with Gasteiger partial charge in [-0.15, -0.1) is 0 Å². The number of rotatable bonds is 1. The number of aromatic amines is 1. The van der Waals surface area contributed by atoms with Crippen LogP contribution in [-0.2, 0) is 4.74 Å². The van der Waals surface area contributed by atoms with Crippen molar-refractivity contribution in [1.82, 2.24) is 4.98 Å². The SMILES string of the molecule is COC(=O)c1[nH]c2ccccc2c1Br. The minimum absolute atomic E-state index is 0.368. The highest BCUT2D eigenvalue weighted by molar-refractivity contribution is 9.10. The van der Waals surface area contributed by atoms with Gasteiger partial charge in [0.05, 0.1) is 11.6 Å². The molecule has 0 aliphatic heterocycles. The van der Waals surface area contributed by atoms with Crippen LogP contribution >= 0.6 is 15.9 Å². The Morgan fingerprint density at radius 2 is 2.14 bits per heavy atom. The minimum Gasteiger partial charge on any atom is -0.464 e. The molecule has 0 radical (unpaired) electrons. The molecule has 0 amide bonds. The summed E-state index contributed by atoms with van der Waals surface area (Å²) in [5, 5.41) is 0.980. The standard InChI is InChI=1S/C10H8BrNO2/c1-14-10(13)9-8(11)6-4-2-3-5-7(6)12-9/h2-5,12H,1H3. The van der Waals surface area contributed by atoms with Crippen LogP contribution in [-0.4, -0.2) is 18.1 Å². The first-order chi connectivity index (χ1) is 6.74. The molecule has 0 aliphatic rings. The first kappa shape index (κ1) is 9.27. The van der Waals surface area contributed by atoms with Crippen LogP contribution in [0.5, 0.6) is 0 Å². The number of carbonyl (C=O) groups excluding carboxylic acids is 1. The third-order valence-corrected chi connectivity index (χ3v) is 2.86. The van der Waals surface area contributed by atoms with Crippen molar-refractivity contribution < 1.29 is 9.53 Å². The fourth-order valence-electron chi connectivity index (χ4n) is 1.35. The maximum absolute atomic E-state index is 11.3. The highest BCUT2D eigenvalue weighted by atomic mass is 79.9. The molecule has 1 aromatic carbocycles. The molecule has 1 N–H and O–H groups in total. The van der Waals surface area contributed by atoms with E-state index in [1.165, 1.54) is 7.11 Å². The smallest absolute Gasteiger partial charge is 0.355 e. The van der Waals surface area contributed by atoms with Gasteiger partial charge in [-0.3, -0.25) is 0 Å². The Kier molecular flexibility index (Phi) is 2.29. The van der Waals surface area contributed by atoms with Crippen LogP contribution in [0.3, 0.4) is 0 Å². The van der Waals surface area contributed by atoms with E-state index >= 15 is 0 Å². The van der Waals surface area contributed by atoms with E-state index < -0.39 is 0 Å². The first-order valence-corrected chi connectivity index (χ1v) is 4.88. The maximum Gasteiger partial charge on any atom is 0.355 e. The van der Waals surface area contributed by atoms with Crippen molar-refractivity contribution in [3.8, 4) is 0 Å². The van der Waals surface area contributed by atoms with E-state index in [1.54, 1.807) is 0 Å². The van der Waals surface area contributed by atoms with Crippen LogP contribution in [0, 0.1) is 0 Å². The van der Waals surface area contributed by atoms with Crippen LogP contribution in [0.2, 0.25) is 0 Å². The molecular formula is C10H8BrNO2. The number of methoxy groups -OCH3 is 1. The Morgan fingerprint density at radius 3 is 2.79 bits per heavy atom. The number of H-pyrrole nitrogens is 1. The zero-order chi connectivity index (χ0) is 10.1. The van der Waals surface area contributed by atoms with Crippen molar-refractivity contribution in [2.24, 2.45) is 0 Å². The second-order valence-corrected chi connectivity index (χ2v) is 3.64. The van der Waals surface area contributed by atoms with Gasteiger partial charge in [-0.25, -0.2) is 4.79 Å². The van der Waals surface area contributed by atoms with Crippen LogP contribution in [0.15, 0.2) is 28.7 Å². The number of aromatic nitrogens is 1. The predicted octanol–water partition coefficient (Wildman–Crippen LogP) is 2.72. The molecule has 3 nitrogen and oxygen atoms in total. The fraction of sp³-hybridized carbons (Fsp3) is 0.100. The van der Waals surface area contributed by atoms with Gasteiger partial charge in [-0.05, 0) is 22.0 Å². The Morgan fingerprint density at radius 1 is 1.43 bits per heavy atom. The van der Waals surface area contributed by atoms with Crippen LogP contribution in [0.4, 0.5) is 0 Å². The lowest BCUT2D eigenvalue weighted by Crippen LogP contribution is -2.01. The van der Waals surface area contributed by atoms with Gasteiger partial charge < -0.3 is 9.72 Å². The number of para-hydroxylation sites is 1. The van der Waals surface area contributed by atoms with E-state index in [-0.39, 0.29) is 5.97 Å². The van der Waals surface area contributed by atoms with Crippen molar-refractivity contribution in [3.63, 3.8) is 0 Å². The second kappa shape index (κ2) is 3.46. The molecule has 1 aromatic heterocycles. The lowest BCUT2D eigenvalue weighted by molar-refractivity contribution is 0.0594. The molecule has 2 rings (SSSR count). The van der Waals surface area contributed by atoms with Crippen LogP contribution in [0.25, 0.3) is 10.9 Å². The monoisotopic (exact) mass is 253 g/mol. The van der Waals surface area contributed by atoms with Crippen molar-refractivity contribution in [2.45, 2.75) is 0 Å². The molecule has 0 bridgehead atoms. The van der Waals surface area contributed by atoms with Gasteiger partial charge in [-0.2, -0.15) is 0 Å². The molecule has 0 aliphatic carbocycles. The minimum atomic E-state index is -0.368. The van der Waals surface area contributed by atoms with Crippen molar-refractivity contribution in [1.29, 1.82) is 0 Å². The molecule has 14 heavy (non-hydrogen) atoms. The third-order valence-electron chi connectivity index (χ3n) is 2.03. The molecule has 72 valence electrons. The lowest BCUT2D eigenvalue weighted by atomic mass is 10.2. The summed E-state index contributed by atoms with van der Waals surface area (Å²) in [5.41, 5.74) is 1.37. The van der Waals surface area contributed by atoms with Gasteiger partial charge in [0, 0.05) is 10.9 Å². The molecular weight excluding hydrogens is 246 g/mol. The molecule has 0 spiro atoms. The first-order valence-electron chi connectivity index (χ1n) is 4.08. The predicted molar refractivity (Wildman–Crippen MR) is 57.3 cm³/mol. The maximum atomic E-state index is 11.3. The van der Waals surface area contributed by atoms with E-state index in [1.807, 2.05) is 24.3 Å². The van der Waals surface area contributed by atoms with E-state index in [2.05, 4.69) is 25.7 Å². The Balaban J connectivity index is 2.68. The number of fused-ring (bicyclic) bond motifs is 1. The summed E-state index contributed by atoms with van der Waals surface area (Å²) in [6.07, 6.45) is 0. The van der Waals surface area contributed by atoms with E-state index in [0.29, 0.717) is 5.69 Å². The second-order valence-electron chi connectivity index (χ2n) is 2.85. The number of nitrogens with one attached hydrogen (secondary N) is 1. The number of hydrogen-bond acceptors (Lipinski definition) is 2. The number of hydrogen-bond donors (Lipinski definition) is 1. The third kappa shape index (κ3) is 1.32. The normalized spacial score (nSPS) is 10.4. The number of carbonyl (C=O) groups is 1. The molecule has 0 saturated heterocycles. The number of ether oxygens (including phenoxy) is 1. The summed E-state index contributed by atoms with van der Waals surface area (Å²) in [7, 11) is 1.36. The molecule has 1 heterocycles. The Hall–Kier alpha value is -1.29. The van der Waals surface area contributed by atoms with Crippen LogP contribution < -0.4 is 0 Å². The van der Waals surface area contributed by atoms with E-state index in [9.17, 15) is 4.79 Å². The summed E-state index contributed by atoms with van der Waals surface area (Å²) in [5.74, 6) is -0.368. The summed E-state index contributed by atoms with van der Waals surface area (Å²) in [4.78, 5) is 14.3. The zero-order valence-electron chi connectivity index (χ0n) is 7.50. The molecule has 0 fully saturated rings. The Bertz CT molecular complexity index is 490. The van der Waals surface area contributed by atoms with Crippen molar-refractivity contribution in [3.05, 3.63) is 34.4 Å². The largest absolute Gasteiger partial charge is 0.464 e. The van der Waals surface area contributed by atoms with Crippen molar-refractivity contribution in [2.75, 3.05) is 7.11 Å². The summed E-state index contributed by atoms with van der Waals surface area (Å²) < 4.78 is 5.40. The molecule has 0 saturated carbocycles. The summed E-state index contributed by atoms with van der Waals surface area (Å²) in [6, 6.07) is 7.67. The van der Waals surface area contributed by atoms with Gasteiger partial charge in [0.1, 0.15) is 5.69 Å². The van der Waals surface area contributed by atoms with Crippen LogP contribution in [0.1, 0.15) is 10.5 Å². The topological polar surface area (TPSA) is 42.1 Å². The average Bonchev–Trinajstić information content (AvgIpc) is 2.56. The highest BCUT2D eigenvalue weighted by Gasteiger charge is 2.15. The van der Waals surface area contributed by atoms with Gasteiger partial charge in [0.2, 0.25) is 0 Å². The van der Waals surface area contributed by atoms with Crippen molar-refractivity contribution >= 4 is 32.8 Å². The molecule has 0 unspecified atom stereocenters. The van der Waals surface area contributed by atoms with E-state index in [0.717, 1.165) is 15.4 Å². The lowest BCUT2D eigenvalue weighted by Gasteiger charge is -1.94. The van der Waals surface area contributed by atoms with Gasteiger partial charge in [0.25, 0.3) is 0 Å². The van der Waals surface area contributed by atoms with Gasteiger partial charge in [0.15, 0.2) is 0 Å². The number of benzene rings is 1. The average molecular weight is 254 g/mol. The number of halogens is 1. The van der Waals surface area contributed by atoms with Gasteiger partial charge >= 0.3 is 5.97 Å². The quantitative estimate of drug-likeness (QED) is 0.795. The zero-order valence-corrected chi connectivity index (χ0v) is 9.09. The Labute approximate surface area is 89.2 Å². The summed E-state index contributed by atoms with van der Waals surface area (Å²) >= 11 is 3.36. The van der Waals surface area contributed by atoms with Gasteiger partial charge in [-0.1, -0.05) is 18.2 Å². The molecule has 4 heteroatoms. The summed E-state index contributed by atoms with van der Waals surface area (Å²) in [6.45, 7) is 0. The number of esters is 1. The molecule has 2 aromatic rings. The molecule has 0 atom stereocenters. The van der Waals surface area contributed by atoms with E-state index in [4.69, 9.17) is 0 Å².